The highest BCUT2D eigenvalue weighted by Crippen LogP contribution is 2.43. The van der Waals surface area contributed by atoms with Gasteiger partial charge < -0.3 is 39.4 Å². The standard InChI is InChI=1S/C34H41N7O4S.C28H33N5O5.C10H16N2/c1-20-9-11-25(12-10-20)31-38-32-28(34(42)45-30-23(4)17-21(2)18-24(30)5)29(35-6)33(41(32)39-31)37-27-14-13-26(19-22(27)3)40(7)16-15-36-46(8,43)44;1-16-6-8-20(9-7-16)24-30-25-21(27(34)37-23-18(3)14-17(2)15-19(23)4)22(29-5)26(33(25)31-24)38-28(35)32-10-12-36-13-11-32;1-4-12(3)9-5-6-10(11)8(2)7-9/h9-14,19,21,23-24,30,36H,15-18H2,1-5,7-8H3;6-9,17-19,23H,10-15H2,1-4H3,(H,30,31);5-7H,4,11H2,1-3H3. The van der Waals surface area contributed by atoms with Gasteiger partial charge in [-0.2, -0.15) is 0 Å². The summed E-state index contributed by atoms with van der Waals surface area (Å²) in [4.78, 5) is 67.9. The number of H-pyrrole nitrogens is 1. The number of nitrogens with two attached hydrogens (primary N) is 1. The molecule has 0 radical (unpaired) electrons. The third-order valence-electron chi connectivity index (χ3n) is 18.4. The van der Waals surface area contributed by atoms with Crippen LogP contribution in [0.4, 0.5) is 33.2 Å². The van der Waals surface area contributed by atoms with Crippen molar-refractivity contribution in [1.29, 1.82) is 0 Å². The molecule has 5 heterocycles. The monoisotopic (exact) mass is 1330 g/mol. The Labute approximate surface area is 563 Å². The lowest BCUT2D eigenvalue weighted by Gasteiger charge is -2.37. The summed E-state index contributed by atoms with van der Waals surface area (Å²) in [5.41, 5.74) is 15.2. The first kappa shape index (κ1) is 70.9. The first-order valence-corrected chi connectivity index (χ1v) is 34.7. The van der Waals surface area contributed by atoms with Crippen molar-refractivity contribution in [1.82, 2.24) is 39.0 Å². The molecule has 2 aliphatic carbocycles. The summed E-state index contributed by atoms with van der Waals surface area (Å²) >= 11 is 0. The van der Waals surface area contributed by atoms with Crippen molar-refractivity contribution in [2.45, 2.75) is 114 Å². The number of aryl methyl sites for hydroxylation is 4. The van der Waals surface area contributed by atoms with Crippen LogP contribution in [0.15, 0.2) is 95.6 Å². The maximum atomic E-state index is 13.9. The molecule has 4 atom stereocenters. The lowest BCUT2D eigenvalue weighted by molar-refractivity contribution is -0.150. The maximum Gasteiger partial charge on any atom is 0.415 e. The molecule has 1 amide bonds. The number of aromatic nitrogens is 6. The van der Waals surface area contributed by atoms with Crippen molar-refractivity contribution in [2.24, 2.45) is 40.5 Å². The number of hydrogen-bond acceptors (Lipinski definition) is 16. The van der Waals surface area contributed by atoms with Crippen LogP contribution in [0.5, 0.6) is 5.88 Å². The fraction of sp³-hybridized carbons (Fsp3) is 0.458. The SMILES string of the molecule is CCN(C)c1ccc(N)c(C)c1.[C-]#[N+]C1=C(C(=O)OC2C(C)CC(C)CC2C)c2nc(-c3ccc(C)cc3)nn2C1=Nc1ccc(N(C)CCNS(C)(=O)=O)cc1C.[C-]#[N+]c1c(C(=O)OC2C(C)CC(C)CC2C)c2nc(-c3ccc(C)cc3)[nH]n2c1OC(=O)N1CCOCC1. The average Bonchev–Trinajstić information content (AvgIpc) is 1.60. The number of ether oxygens (including phenoxy) is 4. The first-order valence-electron chi connectivity index (χ1n) is 32.8. The molecule has 96 heavy (non-hydrogen) atoms. The van der Waals surface area contributed by atoms with Gasteiger partial charge in [-0.25, -0.2) is 61.4 Å². The molecule has 0 bridgehead atoms. The second-order valence-corrected chi connectivity index (χ2v) is 28.3. The summed E-state index contributed by atoms with van der Waals surface area (Å²) in [5.74, 6) is 1.91. The number of aromatic amines is 1. The van der Waals surface area contributed by atoms with Crippen molar-refractivity contribution in [2.75, 3.05) is 81.8 Å². The molecule has 2 saturated carbocycles. The Hall–Kier alpha value is -9.36. The molecule has 4 aromatic carbocycles. The first-order chi connectivity index (χ1) is 45.7. The Morgan fingerprint density at radius 1 is 0.750 bits per heavy atom. The number of amides is 1. The number of rotatable bonds is 15. The number of nitrogens with zero attached hydrogens (tertiary/aromatic N) is 11. The Bertz CT molecular complexity index is 4220. The van der Waals surface area contributed by atoms with E-state index in [4.69, 9.17) is 52.9 Å². The number of morpholine rings is 1. The van der Waals surface area contributed by atoms with Gasteiger partial charge in [0.2, 0.25) is 21.6 Å². The summed E-state index contributed by atoms with van der Waals surface area (Å²) in [6.45, 7) is 42.2. The lowest BCUT2D eigenvalue weighted by Crippen LogP contribution is -2.42. The molecule has 0 spiro atoms. The van der Waals surface area contributed by atoms with Crippen molar-refractivity contribution < 1.29 is 41.7 Å². The van der Waals surface area contributed by atoms with Gasteiger partial charge >= 0.3 is 18.0 Å². The Balaban J connectivity index is 0.000000194. The zero-order valence-corrected chi connectivity index (χ0v) is 58.4. The third kappa shape index (κ3) is 16.5. The number of nitrogens with one attached hydrogen (secondary N) is 2. The quantitative estimate of drug-likeness (QED) is 0.0490. The van der Waals surface area contributed by atoms with Crippen molar-refractivity contribution in [3.63, 3.8) is 0 Å². The van der Waals surface area contributed by atoms with E-state index in [9.17, 15) is 22.8 Å². The highest BCUT2D eigenvalue weighted by molar-refractivity contribution is 7.88. The van der Waals surface area contributed by atoms with Crippen LogP contribution in [0, 0.1) is 76.3 Å². The molecule has 2 aliphatic heterocycles. The molecular weight excluding hydrogens is 1240 g/mol. The average molecular weight is 1330 g/mol. The van der Waals surface area contributed by atoms with Gasteiger partial charge in [0.1, 0.15) is 23.3 Å². The second-order valence-electron chi connectivity index (χ2n) is 26.4. The van der Waals surface area contributed by atoms with E-state index in [-0.39, 0.29) is 88.1 Å². The number of aliphatic imine (C=N–C) groups is 1. The number of carbonyl (C=O) groups is 3. The number of sulfonamides is 1. The molecule has 24 heteroatoms. The predicted octanol–water partition coefficient (Wildman–Crippen LogP) is 12.7. The molecule has 4 aliphatic rings. The van der Waals surface area contributed by atoms with Crippen molar-refractivity contribution in [3.05, 3.63) is 147 Å². The number of anilines is 3. The van der Waals surface area contributed by atoms with Crippen LogP contribution in [-0.4, -0.2) is 145 Å². The van der Waals surface area contributed by atoms with Crippen molar-refractivity contribution in [3.8, 4) is 28.7 Å². The van der Waals surface area contributed by atoms with E-state index in [0.717, 1.165) is 83.2 Å². The number of esters is 2. The zero-order valence-electron chi connectivity index (χ0n) is 57.6. The number of likely N-dealkylation sites (N-methyl/N-ethyl adjacent to an activating group) is 1. The molecule has 23 nitrogen and oxygen atoms in total. The molecule has 7 aromatic rings. The van der Waals surface area contributed by atoms with E-state index in [1.54, 1.807) is 0 Å². The fourth-order valence-corrected chi connectivity index (χ4v) is 13.7. The molecule has 1 saturated heterocycles. The molecule has 4 N–H and O–H groups in total. The number of hydrogen-bond donors (Lipinski definition) is 3. The highest BCUT2D eigenvalue weighted by Gasteiger charge is 2.42. The topological polar surface area (TPSA) is 255 Å². The molecular formula is C72H90N14O9S. The number of benzene rings is 4. The highest BCUT2D eigenvalue weighted by atomic mass is 32.2. The van der Waals surface area contributed by atoms with Gasteiger partial charge in [0.05, 0.1) is 38.3 Å². The Morgan fingerprint density at radius 2 is 1.30 bits per heavy atom. The van der Waals surface area contributed by atoms with Gasteiger partial charge in [-0.15, -0.1) is 5.10 Å². The van der Waals surface area contributed by atoms with E-state index in [0.29, 0.717) is 62.0 Å². The van der Waals surface area contributed by atoms with Crippen LogP contribution < -0.4 is 25.0 Å². The summed E-state index contributed by atoms with van der Waals surface area (Å²) in [6, 6.07) is 27.3. The van der Waals surface area contributed by atoms with Gasteiger partial charge in [0, 0.05) is 75.0 Å². The number of fused-ring (bicyclic) bond motifs is 2. The normalized spacial score (nSPS) is 21.2. The van der Waals surface area contributed by atoms with Gasteiger partial charge in [0.25, 0.3) is 5.69 Å². The smallest absolute Gasteiger partial charge is 0.415 e. The largest absolute Gasteiger partial charge is 0.459 e. The predicted molar refractivity (Wildman–Crippen MR) is 375 cm³/mol. The fourth-order valence-electron chi connectivity index (χ4n) is 13.2. The molecule has 3 fully saturated rings. The van der Waals surface area contributed by atoms with E-state index in [1.165, 1.54) is 19.8 Å². The van der Waals surface area contributed by atoms with Crippen LogP contribution in [0.25, 0.3) is 43.7 Å². The Morgan fingerprint density at radius 3 is 1.84 bits per heavy atom. The van der Waals surface area contributed by atoms with E-state index >= 15 is 0 Å². The van der Waals surface area contributed by atoms with E-state index in [2.05, 4.69) is 91.0 Å². The summed E-state index contributed by atoms with van der Waals surface area (Å²) in [5, 5.41) is 7.85. The zero-order chi connectivity index (χ0) is 69.4. The van der Waals surface area contributed by atoms with Crippen LogP contribution >= 0.6 is 0 Å². The van der Waals surface area contributed by atoms with Crippen LogP contribution in [0.1, 0.15) is 113 Å². The van der Waals surface area contributed by atoms with Crippen molar-refractivity contribution >= 4 is 73.5 Å². The molecule has 4 unspecified atom stereocenters. The van der Waals surface area contributed by atoms with E-state index in [1.807, 2.05) is 119 Å². The summed E-state index contributed by atoms with van der Waals surface area (Å²) in [6.07, 6.45) is 3.84. The van der Waals surface area contributed by atoms with E-state index < -0.39 is 28.1 Å². The Kier molecular flexibility index (Phi) is 22.6. The summed E-state index contributed by atoms with van der Waals surface area (Å²) in [7, 11) is 0.674. The van der Waals surface area contributed by atoms with Crippen LogP contribution in [0.3, 0.4) is 0 Å². The van der Waals surface area contributed by atoms with Gasteiger partial charge in [-0.3, -0.25) is 5.10 Å². The second kappa shape index (κ2) is 30.6. The van der Waals surface area contributed by atoms with Crippen LogP contribution in [0.2, 0.25) is 0 Å². The van der Waals surface area contributed by atoms with Gasteiger partial charge in [0.15, 0.2) is 29.0 Å². The number of nitrogen functional groups attached to an aromatic ring is 1. The molecule has 3 aromatic heterocycles. The van der Waals surface area contributed by atoms with Crippen LogP contribution in [-0.2, 0) is 29.0 Å². The molecule has 508 valence electrons. The lowest BCUT2D eigenvalue weighted by atomic mass is 9.75. The van der Waals surface area contributed by atoms with Gasteiger partial charge in [-0.05, 0) is 143 Å². The number of carbonyl (C=O) groups excluding carboxylic acids is 3. The van der Waals surface area contributed by atoms with Gasteiger partial charge in [-0.1, -0.05) is 101 Å². The maximum absolute atomic E-state index is 13.9. The minimum absolute atomic E-state index is 0.00240. The summed E-state index contributed by atoms with van der Waals surface area (Å²) < 4.78 is 51.5. The molecule has 11 rings (SSSR count). The number of allylic oxidation sites excluding steroid dienone is 1. The minimum atomic E-state index is -3.28. The minimum Gasteiger partial charge on any atom is -0.459 e. The third-order valence-corrected chi connectivity index (χ3v) is 19.1.